The van der Waals surface area contributed by atoms with Crippen LogP contribution in [0.15, 0.2) is 23.3 Å². The molecule has 0 heterocycles. The summed E-state index contributed by atoms with van der Waals surface area (Å²) in [6.07, 6.45) is -21.2. The van der Waals surface area contributed by atoms with E-state index < -0.39 is 48.0 Å². The van der Waals surface area contributed by atoms with Crippen LogP contribution in [0.1, 0.15) is 0 Å². The molecule has 0 aliphatic carbocycles. The van der Waals surface area contributed by atoms with E-state index in [9.17, 15) is 52.7 Å². The van der Waals surface area contributed by atoms with Crippen LogP contribution >= 0.6 is 0 Å². The predicted octanol–water partition coefficient (Wildman–Crippen LogP) is 5.09. The van der Waals surface area contributed by atoms with Crippen molar-refractivity contribution in [2.45, 2.75) is 18.0 Å². The molecule has 0 atom stereocenters. The van der Waals surface area contributed by atoms with Crippen LogP contribution in [0.2, 0.25) is 0 Å². The summed E-state index contributed by atoms with van der Waals surface area (Å²) in [5, 5.41) is 0. The molecule has 0 aromatic carbocycles. The van der Waals surface area contributed by atoms with Crippen molar-refractivity contribution in [2.75, 3.05) is 6.67 Å². The quantitative estimate of drug-likeness (QED) is 0.634. The molecule has 0 aliphatic heterocycles. The predicted molar refractivity (Wildman–Crippen MR) is 40.4 cm³/mol. The highest BCUT2D eigenvalue weighted by molar-refractivity contribution is 5.39. The highest BCUT2D eigenvalue weighted by Crippen LogP contribution is 2.49. The SMILES string of the molecule is FCC(F)(C(=C(F)F)C(F)(F)F)C(=C(F)F)C(F)(F)F. The van der Waals surface area contributed by atoms with Gasteiger partial charge >= 0.3 is 12.4 Å². The van der Waals surface area contributed by atoms with Crippen molar-refractivity contribution < 1.29 is 52.7 Å². The van der Waals surface area contributed by atoms with Gasteiger partial charge in [-0.25, -0.2) is 8.78 Å². The normalized spacial score (nSPS) is 13.2. The first-order chi connectivity index (χ1) is 8.69. The number of hydrogen-bond donors (Lipinski definition) is 0. The van der Waals surface area contributed by atoms with E-state index in [0.29, 0.717) is 0 Å². The summed E-state index contributed by atoms with van der Waals surface area (Å²) in [6.45, 7) is -3.41. The molecule has 0 fully saturated rings. The molecule has 118 valence electrons. The third kappa shape index (κ3) is 3.60. The van der Waals surface area contributed by atoms with E-state index in [1.54, 1.807) is 0 Å². The first-order valence-electron chi connectivity index (χ1n) is 4.20. The number of alkyl halides is 8. The Labute approximate surface area is 102 Å². The van der Waals surface area contributed by atoms with Crippen molar-refractivity contribution in [1.82, 2.24) is 0 Å². The molecule has 0 saturated carbocycles. The Kier molecular flexibility index (Phi) is 5.18. The topological polar surface area (TPSA) is 0 Å². The Hall–Kier alpha value is -1.36. The van der Waals surface area contributed by atoms with Gasteiger partial charge in [-0.2, -0.15) is 43.9 Å². The van der Waals surface area contributed by atoms with Crippen molar-refractivity contribution >= 4 is 0 Å². The zero-order chi connectivity index (χ0) is 16.5. The van der Waals surface area contributed by atoms with E-state index in [1.807, 2.05) is 0 Å². The van der Waals surface area contributed by atoms with Crippen molar-refractivity contribution in [3.05, 3.63) is 23.3 Å². The highest BCUT2D eigenvalue weighted by Gasteiger charge is 2.62. The molecule has 0 nitrogen and oxygen atoms in total. The molecule has 12 heteroatoms. The number of hydrogen-bond acceptors (Lipinski definition) is 0. The lowest BCUT2D eigenvalue weighted by atomic mass is 9.88. The largest absolute Gasteiger partial charge is 0.421 e. The second-order valence-corrected chi connectivity index (χ2v) is 3.20. The second-order valence-electron chi connectivity index (χ2n) is 3.20. The van der Waals surface area contributed by atoms with Crippen LogP contribution in [-0.2, 0) is 0 Å². The van der Waals surface area contributed by atoms with Crippen LogP contribution in [0.5, 0.6) is 0 Å². The van der Waals surface area contributed by atoms with Crippen molar-refractivity contribution in [2.24, 2.45) is 0 Å². The third-order valence-electron chi connectivity index (χ3n) is 1.92. The molecule has 0 N–H and O–H groups in total. The van der Waals surface area contributed by atoms with Crippen LogP contribution in [-0.4, -0.2) is 24.7 Å². The molecule has 0 spiro atoms. The summed E-state index contributed by atoms with van der Waals surface area (Å²) >= 11 is 0. The van der Waals surface area contributed by atoms with Gasteiger partial charge in [-0.05, 0) is 0 Å². The Morgan fingerprint density at radius 3 is 0.950 bits per heavy atom. The lowest BCUT2D eigenvalue weighted by molar-refractivity contribution is -0.136. The lowest BCUT2D eigenvalue weighted by Gasteiger charge is -2.28. The number of allylic oxidation sites excluding steroid dienone is 2. The van der Waals surface area contributed by atoms with Gasteiger partial charge in [-0.1, -0.05) is 0 Å². The van der Waals surface area contributed by atoms with Crippen LogP contribution < -0.4 is 0 Å². The first-order valence-corrected chi connectivity index (χ1v) is 4.20. The zero-order valence-electron chi connectivity index (χ0n) is 8.74. The average molecular weight is 326 g/mol. The maximum absolute atomic E-state index is 13.5. The van der Waals surface area contributed by atoms with Gasteiger partial charge in [-0.15, -0.1) is 0 Å². The van der Waals surface area contributed by atoms with Gasteiger partial charge in [0.25, 0.3) is 12.2 Å². The third-order valence-corrected chi connectivity index (χ3v) is 1.92. The Morgan fingerprint density at radius 2 is 0.850 bits per heavy atom. The average Bonchev–Trinajstić information content (AvgIpc) is 2.10. The molecule has 20 heavy (non-hydrogen) atoms. The summed E-state index contributed by atoms with van der Waals surface area (Å²) in [4.78, 5) is 0. The van der Waals surface area contributed by atoms with Crippen molar-refractivity contribution in [1.29, 1.82) is 0 Å². The lowest BCUT2D eigenvalue weighted by Crippen LogP contribution is -2.43. The molecular weight excluding hydrogens is 324 g/mol. The minimum absolute atomic E-state index is 3.41. The van der Waals surface area contributed by atoms with Gasteiger partial charge in [0.05, 0.1) is 0 Å². The summed E-state index contributed by atoms with van der Waals surface area (Å²) < 4.78 is 146. The van der Waals surface area contributed by atoms with Gasteiger partial charge in [0.15, 0.2) is 0 Å². The van der Waals surface area contributed by atoms with E-state index >= 15 is 0 Å². The fraction of sp³-hybridized carbons (Fsp3) is 0.500. The van der Waals surface area contributed by atoms with E-state index in [2.05, 4.69) is 0 Å². The molecule has 0 rings (SSSR count). The van der Waals surface area contributed by atoms with Crippen LogP contribution in [0.4, 0.5) is 52.7 Å². The minimum Gasteiger partial charge on any atom is -0.247 e. The molecular formula is C8H2F12. The molecule has 0 aromatic rings. The van der Waals surface area contributed by atoms with E-state index in [-0.39, 0.29) is 0 Å². The Bertz CT molecular complexity index is 378. The molecule has 0 aromatic heterocycles. The van der Waals surface area contributed by atoms with Crippen molar-refractivity contribution in [3.8, 4) is 0 Å². The van der Waals surface area contributed by atoms with Gasteiger partial charge in [0.2, 0.25) is 5.67 Å². The Balaban J connectivity index is 6.49. The monoisotopic (exact) mass is 326 g/mol. The molecule has 0 saturated heterocycles. The van der Waals surface area contributed by atoms with Crippen LogP contribution in [0.3, 0.4) is 0 Å². The maximum atomic E-state index is 13.5. The fourth-order valence-corrected chi connectivity index (χ4v) is 1.22. The van der Waals surface area contributed by atoms with Gasteiger partial charge in [0, 0.05) is 0 Å². The Morgan fingerprint density at radius 1 is 0.600 bits per heavy atom. The summed E-state index contributed by atoms with van der Waals surface area (Å²) in [7, 11) is 0. The molecule has 0 unspecified atom stereocenters. The smallest absolute Gasteiger partial charge is 0.247 e. The summed E-state index contributed by atoms with van der Waals surface area (Å²) in [5.74, 6) is 0. The minimum atomic E-state index is -6.49. The number of halogens is 12. The standard InChI is InChI=1S/C8H2F12/c9-1-6(14,2(4(10)11)7(15,16)17)3(5(12)13)8(18,19)20/h1H2. The fourth-order valence-electron chi connectivity index (χ4n) is 1.22. The van der Waals surface area contributed by atoms with Gasteiger partial charge < -0.3 is 0 Å². The van der Waals surface area contributed by atoms with E-state index in [0.717, 1.165) is 0 Å². The number of rotatable bonds is 3. The highest BCUT2D eigenvalue weighted by atomic mass is 19.4. The summed E-state index contributed by atoms with van der Waals surface area (Å²) in [6, 6.07) is 0. The summed E-state index contributed by atoms with van der Waals surface area (Å²) in [5.41, 5.74) is -13.7. The van der Waals surface area contributed by atoms with E-state index in [1.165, 1.54) is 0 Å². The van der Waals surface area contributed by atoms with Crippen molar-refractivity contribution in [3.63, 3.8) is 0 Å². The van der Waals surface area contributed by atoms with Crippen LogP contribution in [0.25, 0.3) is 0 Å². The van der Waals surface area contributed by atoms with Crippen LogP contribution in [0, 0.1) is 0 Å². The second kappa shape index (κ2) is 5.56. The van der Waals surface area contributed by atoms with E-state index in [4.69, 9.17) is 0 Å². The van der Waals surface area contributed by atoms with Gasteiger partial charge in [-0.3, -0.25) is 0 Å². The molecule has 0 aliphatic rings. The first kappa shape index (κ1) is 18.6. The maximum Gasteiger partial charge on any atom is 0.421 e. The molecule has 0 radical (unpaired) electrons. The molecule has 0 amide bonds. The molecule has 0 bridgehead atoms. The van der Waals surface area contributed by atoms with Gasteiger partial charge in [0.1, 0.15) is 17.8 Å². The zero-order valence-corrected chi connectivity index (χ0v) is 8.74.